The Balaban J connectivity index is 0.00000210. The second kappa shape index (κ2) is 12.5. The lowest BCUT2D eigenvalue weighted by molar-refractivity contribution is 0.0844. The molecule has 2 aromatic carbocycles. The number of carbonyl (C=O) groups is 1. The van der Waals surface area contributed by atoms with Crippen LogP contribution in [0.4, 0.5) is 14.9 Å². The van der Waals surface area contributed by atoms with Gasteiger partial charge in [-0.15, -0.1) is 24.8 Å². The fourth-order valence-corrected chi connectivity index (χ4v) is 3.23. The van der Waals surface area contributed by atoms with Gasteiger partial charge in [-0.2, -0.15) is 0 Å². The van der Waals surface area contributed by atoms with Crippen LogP contribution < -0.4 is 10.2 Å². The van der Waals surface area contributed by atoms with Crippen molar-refractivity contribution in [3.05, 3.63) is 66.0 Å². The molecule has 1 amide bonds. The van der Waals surface area contributed by atoms with Gasteiger partial charge in [0.2, 0.25) is 0 Å². The van der Waals surface area contributed by atoms with Crippen molar-refractivity contribution in [2.45, 2.75) is 19.1 Å². The monoisotopic (exact) mass is 443 g/mol. The average Bonchev–Trinajstić information content (AvgIpc) is 2.71. The summed E-state index contributed by atoms with van der Waals surface area (Å²) >= 11 is 0. The van der Waals surface area contributed by atoms with Crippen LogP contribution in [0.3, 0.4) is 0 Å². The summed E-state index contributed by atoms with van der Waals surface area (Å²) in [4.78, 5) is 16.0. The molecule has 3 rings (SSSR count). The Labute approximate surface area is 184 Å². The van der Waals surface area contributed by atoms with E-state index < -0.39 is 0 Å². The van der Waals surface area contributed by atoms with Crippen molar-refractivity contribution in [2.24, 2.45) is 0 Å². The Morgan fingerprint density at radius 2 is 1.86 bits per heavy atom. The molecule has 0 unspecified atom stereocenters. The summed E-state index contributed by atoms with van der Waals surface area (Å²) in [5, 5.41) is 3.43. The van der Waals surface area contributed by atoms with Gasteiger partial charge in [-0.1, -0.05) is 42.5 Å². The van der Waals surface area contributed by atoms with Gasteiger partial charge >= 0.3 is 6.09 Å². The van der Waals surface area contributed by atoms with Gasteiger partial charge in [-0.05, 0) is 24.1 Å². The molecule has 0 aliphatic carbocycles. The van der Waals surface area contributed by atoms with Crippen molar-refractivity contribution in [3.63, 3.8) is 0 Å². The van der Waals surface area contributed by atoms with Crippen LogP contribution in [0.1, 0.15) is 12.0 Å². The van der Waals surface area contributed by atoms with E-state index in [2.05, 4.69) is 5.32 Å². The van der Waals surface area contributed by atoms with Gasteiger partial charge in [-0.3, -0.25) is 0 Å². The Bertz CT molecular complexity index is 752. The van der Waals surface area contributed by atoms with Gasteiger partial charge in [0.05, 0.1) is 5.69 Å². The number of piperazine rings is 1. The average molecular weight is 444 g/mol. The number of hydrogen-bond donors (Lipinski definition) is 1. The van der Waals surface area contributed by atoms with Crippen molar-refractivity contribution in [3.8, 4) is 0 Å². The van der Waals surface area contributed by atoms with Crippen LogP contribution in [-0.4, -0.2) is 50.3 Å². The number of benzene rings is 2. The van der Waals surface area contributed by atoms with Crippen molar-refractivity contribution < 1.29 is 13.9 Å². The molecule has 0 saturated carbocycles. The molecule has 160 valence electrons. The number of ether oxygens (including phenoxy) is 1. The van der Waals surface area contributed by atoms with Crippen molar-refractivity contribution in [2.75, 3.05) is 38.1 Å². The van der Waals surface area contributed by atoms with E-state index in [1.54, 1.807) is 17.0 Å². The summed E-state index contributed by atoms with van der Waals surface area (Å²) in [6, 6.07) is 16.6. The van der Waals surface area contributed by atoms with Crippen molar-refractivity contribution in [1.29, 1.82) is 0 Å². The topological polar surface area (TPSA) is 44.8 Å². The first-order chi connectivity index (χ1) is 13.1. The molecule has 0 spiro atoms. The van der Waals surface area contributed by atoms with Gasteiger partial charge < -0.3 is 19.9 Å². The van der Waals surface area contributed by atoms with Gasteiger partial charge in [0.1, 0.15) is 12.4 Å². The predicted molar refractivity (Wildman–Crippen MR) is 119 cm³/mol. The zero-order valence-corrected chi connectivity index (χ0v) is 18.1. The van der Waals surface area contributed by atoms with Crippen molar-refractivity contribution >= 4 is 36.6 Å². The lowest BCUT2D eigenvalue weighted by Crippen LogP contribution is -2.53. The Hall–Kier alpha value is -2.02. The highest BCUT2D eigenvalue weighted by Crippen LogP contribution is 2.18. The van der Waals surface area contributed by atoms with Crippen LogP contribution in [0.5, 0.6) is 0 Å². The van der Waals surface area contributed by atoms with Crippen LogP contribution >= 0.6 is 24.8 Å². The molecule has 1 fully saturated rings. The number of para-hydroxylation sites is 1. The molecular formula is C21H28Cl2FN3O2. The summed E-state index contributed by atoms with van der Waals surface area (Å²) in [6.07, 6.45) is 0.528. The van der Waals surface area contributed by atoms with Gasteiger partial charge in [0.25, 0.3) is 0 Å². The largest absolute Gasteiger partial charge is 0.445 e. The van der Waals surface area contributed by atoms with E-state index in [-0.39, 0.29) is 49.4 Å². The van der Waals surface area contributed by atoms with E-state index >= 15 is 0 Å². The Kier molecular flexibility index (Phi) is 10.8. The van der Waals surface area contributed by atoms with Crippen LogP contribution in [0.2, 0.25) is 0 Å². The van der Waals surface area contributed by atoms with E-state index in [0.717, 1.165) is 18.5 Å². The maximum atomic E-state index is 13.9. The van der Waals surface area contributed by atoms with E-state index in [0.29, 0.717) is 25.3 Å². The molecule has 1 aliphatic rings. The zero-order valence-electron chi connectivity index (χ0n) is 16.4. The number of anilines is 1. The molecular weight excluding hydrogens is 416 g/mol. The molecule has 1 atom stereocenters. The number of nitrogens with one attached hydrogen (secondary N) is 1. The predicted octanol–water partition coefficient (Wildman–Crippen LogP) is 4.11. The fraction of sp³-hybridized carbons (Fsp3) is 0.381. The molecule has 0 radical (unpaired) electrons. The Morgan fingerprint density at radius 3 is 2.59 bits per heavy atom. The summed E-state index contributed by atoms with van der Waals surface area (Å²) in [5.41, 5.74) is 1.57. The number of hydrogen-bond acceptors (Lipinski definition) is 4. The first kappa shape index (κ1) is 25.0. The molecule has 0 aromatic heterocycles. The minimum Gasteiger partial charge on any atom is -0.445 e. The first-order valence-electron chi connectivity index (χ1n) is 9.28. The molecule has 1 aliphatic heterocycles. The number of nitrogens with zero attached hydrogens (tertiary/aromatic N) is 2. The smallest absolute Gasteiger partial charge is 0.410 e. The summed E-state index contributed by atoms with van der Waals surface area (Å²) in [7, 11) is 1.88. The van der Waals surface area contributed by atoms with E-state index in [1.165, 1.54) is 6.07 Å². The third-order valence-electron chi connectivity index (χ3n) is 4.80. The number of halogens is 3. The highest BCUT2D eigenvalue weighted by molar-refractivity contribution is 5.85. The number of amides is 1. The number of rotatable bonds is 6. The van der Waals surface area contributed by atoms with Gasteiger partial charge in [0, 0.05) is 39.3 Å². The number of carbonyl (C=O) groups excluding carboxylic acids is 1. The minimum atomic E-state index is -0.284. The van der Waals surface area contributed by atoms with Crippen LogP contribution in [0.15, 0.2) is 54.6 Å². The van der Waals surface area contributed by atoms with E-state index in [4.69, 9.17) is 4.74 Å². The molecule has 29 heavy (non-hydrogen) atoms. The maximum Gasteiger partial charge on any atom is 0.410 e. The lowest BCUT2D eigenvalue weighted by atomic mass is 10.1. The van der Waals surface area contributed by atoms with Crippen LogP contribution in [-0.2, 0) is 11.3 Å². The fourth-order valence-electron chi connectivity index (χ4n) is 3.23. The first-order valence-corrected chi connectivity index (χ1v) is 9.28. The molecule has 5 nitrogen and oxygen atoms in total. The second-order valence-corrected chi connectivity index (χ2v) is 6.80. The van der Waals surface area contributed by atoms with E-state index in [1.807, 2.05) is 48.3 Å². The maximum absolute atomic E-state index is 13.9. The second-order valence-electron chi connectivity index (χ2n) is 6.80. The Morgan fingerprint density at radius 1 is 1.17 bits per heavy atom. The van der Waals surface area contributed by atoms with Crippen LogP contribution in [0.25, 0.3) is 0 Å². The summed E-state index contributed by atoms with van der Waals surface area (Å²) < 4.78 is 19.3. The third-order valence-corrected chi connectivity index (χ3v) is 4.80. The molecule has 2 aromatic rings. The highest BCUT2D eigenvalue weighted by Gasteiger charge is 2.24. The minimum absolute atomic E-state index is 0. The zero-order chi connectivity index (χ0) is 19.1. The summed E-state index contributed by atoms with van der Waals surface area (Å²) in [5.74, 6) is -0.220. The molecule has 0 bridgehead atoms. The SMILES string of the molecule is CN(CC[C@@H]1CN(C(=O)OCc2ccccc2)CCN1)c1ccccc1F.Cl.Cl. The molecule has 1 saturated heterocycles. The normalized spacial score (nSPS) is 15.7. The molecule has 1 N–H and O–H groups in total. The highest BCUT2D eigenvalue weighted by atomic mass is 35.5. The van der Waals surface area contributed by atoms with Gasteiger partial charge in [-0.25, -0.2) is 9.18 Å². The lowest BCUT2D eigenvalue weighted by Gasteiger charge is -2.34. The van der Waals surface area contributed by atoms with Gasteiger partial charge in [0.15, 0.2) is 0 Å². The van der Waals surface area contributed by atoms with Crippen LogP contribution in [0, 0.1) is 5.82 Å². The van der Waals surface area contributed by atoms with E-state index in [9.17, 15) is 9.18 Å². The standard InChI is InChI=1S/C21H26FN3O2.2ClH/c1-24(20-10-6-5-9-19(20)22)13-11-18-15-25(14-12-23-18)21(26)27-16-17-7-3-2-4-8-17;;/h2-10,18,23H,11-16H2,1H3;2*1H/t18-;;/m1../s1. The molecule has 1 heterocycles. The summed E-state index contributed by atoms with van der Waals surface area (Å²) in [6.45, 7) is 2.94. The quantitative estimate of drug-likeness (QED) is 0.729. The third kappa shape index (κ3) is 7.38. The van der Waals surface area contributed by atoms with Crippen molar-refractivity contribution in [1.82, 2.24) is 10.2 Å². The molecule has 8 heteroatoms.